The van der Waals surface area contributed by atoms with Crippen LogP contribution in [0, 0.1) is 13.8 Å². The summed E-state index contributed by atoms with van der Waals surface area (Å²) in [7, 11) is 0. The Hall–Kier alpha value is -2.11. The minimum absolute atomic E-state index is 0.527. The predicted octanol–water partition coefficient (Wildman–Crippen LogP) is 0.984. The number of nitrogen functional groups attached to an aromatic ring is 1. The first-order valence-electron chi connectivity index (χ1n) is 5.49. The van der Waals surface area contributed by atoms with Crippen LogP contribution in [0.25, 0.3) is 0 Å². The molecule has 2 aromatic rings. The molecule has 0 saturated carbocycles. The number of aromatic nitrogens is 4. The highest BCUT2D eigenvalue weighted by atomic mass is 15.3. The zero-order valence-electron chi connectivity index (χ0n) is 10.0. The summed E-state index contributed by atoms with van der Waals surface area (Å²) in [6, 6.07) is 1.90. The van der Waals surface area contributed by atoms with Gasteiger partial charge in [-0.15, -0.1) is 0 Å². The van der Waals surface area contributed by atoms with Crippen molar-refractivity contribution in [1.82, 2.24) is 19.7 Å². The van der Waals surface area contributed by atoms with Crippen LogP contribution in [0.5, 0.6) is 0 Å². The average molecular weight is 232 g/mol. The van der Waals surface area contributed by atoms with E-state index in [2.05, 4.69) is 20.4 Å². The number of nitrogens with zero attached hydrogens (tertiary/aromatic N) is 4. The first-order chi connectivity index (χ1) is 8.16. The van der Waals surface area contributed by atoms with Gasteiger partial charge in [0.15, 0.2) is 0 Å². The van der Waals surface area contributed by atoms with Gasteiger partial charge in [-0.05, 0) is 19.9 Å². The second-order valence-electron chi connectivity index (χ2n) is 3.83. The quantitative estimate of drug-likeness (QED) is 0.821. The lowest BCUT2D eigenvalue weighted by atomic mass is 10.3. The van der Waals surface area contributed by atoms with Crippen molar-refractivity contribution in [2.45, 2.75) is 20.4 Å². The third-order valence-corrected chi connectivity index (χ3v) is 2.49. The van der Waals surface area contributed by atoms with E-state index >= 15 is 0 Å². The highest BCUT2D eigenvalue weighted by Gasteiger charge is 2.05. The fourth-order valence-corrected chi connectivity index (χ4v) is 1.54. The van der Waals surface area contributed by atoms with Crippen molar-refractivity contribution in [2.24, 2.45) is 0 Å². The second-order valence-corrected chi connectivity index (χ2v) is 3.83. The van der Waals surface area contributed by atoms with Crippen molar-refractivity contribution in [2.75, 3.05) is 17.6 Å². The van der Waals surface area contributed by atoms with Crippen LogP contribution >= 0.6 is 0 Å². The fraction of sp³-hybridized carbons (Fsp3) is 0.364. The lowest BCUT2D eigenvalue weighted by Crippen LogP contribution is -2.14. The van der Waals surface area contributed by atoms with E-state index in [4.69, 9.17) is 5.73 Å². The van der Waals surface area contributed by atoms with Gasteiger partial charge in [0.1, 0.15) is 17.5 Å². The molecule has 6 heteroatoms. The number of nitrogens with one attached hydrogen (secondary N) is 1. The van der Waals surface area contributed by atoms with E-state index < -0.39 is 0 Å². The Morgan fingerprint density at radius 1 is 1.35 bits per heavy atom. The van der Waals surface area contributed by atoms with Gasteiger partial charge in [-0.2, -0.15) is 5.10 Å². The van der Waals surface area contributed by atoms with E-state index in [9.17, 15) is 0 Å². The third kappa shape index (κ3) is 2.72. The maximum absolute atomic E-state index is 5.78. The van der Waals surface area contributed by atoms with E-state index in [-0.39, 0.29) is 0 Å². The molecule has 0 bridgehead atoms. The molecule has 0 aliphatic heterocycles. The molecular formula is C11H16N6. The van der Waals surface area contributed by atoms with Gasteiger partial charge in [0.25, 0.3) is 0 Å². The largest absolute Gasteiger partial charge is 0.383 e. The van der Waals surface area contributed by atoms with Gasteiger partial charge in [-0.25, -0.2) is 9.97 Å². The SMILES string of the molecule is Cc1nc(N)c(C)c(NCCn2cccn2)n1. The second kappa shape index (κ2) is 4.82. The van der Waals surface area contributed by atoms with E-state index in [0.717, 1.165) is 24.5 Å². The van der Waals surface area contributed by atoms with Gasteiger partial charge < -0.3 is 11.1 Å². The highest BCUT2D eigenvalue weighted by molar-refractivity contribution is 5.54. The Balaban J connectivity index is 1.99. The topological polar surface area (TPSA) is 81.6 Å². The summed E-state index contributed by atoms with van der Waals surface area (Å²) in [5.74, 6) is 2.00. The van der Waals surface area contributed by atoms with E-state index in [0.29, 0.717) is 11.6 Å². The molecule has 3 N–H and O–H groups in total. The van der Waals surface area contributed by atoms with Gasteiger partial charge in [0.05, 0.1) is 6.54 Å². The molecule has 2 heterocycles. The van der Waals surface area contributed by atoms with E-state index in [1.165, 1.54) is 0 Å². The molecule has 90 valence electrons. The number of hydrogen-bond acceptors (Lipinski definition) is 5. The van der Waals surface area contributed by atoms with Crippen molar-refractivity contribution in [3.8, 4) is 0 Å². The van der Waals surface area contributed by atoms with Crippen LogP contribution in [0.3, 0.4) is 0 Å². The van der Waals surface area contributed by atoms with Crippen LogP contribution in [0.2, 0.25) is 0 Å². The number of aryl methyl sites for hydroxylation is 1. The third-order valence-electron chi connectivity index (χ3n) is 2.49. The lowest BCUT2D eigenvalue weighted by Gasteiger charge is -2.10. The van der Waals surface area contributed by atoms with E-state index in [1.54, 1.807) is 6.20 Å². The van der Waals surface area contributed by atoms with Crippen LogP contribution in [0.1, 0.15) is 11.4 Å². The first kappa shape index (κ1) is 11.4. The van der Waals surface area contributed by atoms with Crippen LogP contribution < -0.4 is 11.1 Å². The number of nitrogens with two attached hydrogens (primary N) is 1. The van der Waals surface area contributed by atoms with Gasteiger partial charge >= 0.3 is 0 Å². The van der Waals surface area contributed by atoms with E-state index in [1.807, 2.05) is 30.8 Å². The maximum Gasteiger partial charge on any atom is 0.134 e. The van der Waals surface area contributed by atoms with Gasteiger partial charge in [-0.1, -0.05) is 0 Å². The maximum atomic E-state index is 5.78. The molecule has 0 unspecified atom stereocenters. The standard InChI is InChI=1S/C11H16N6/c1-8-10(12)15-9(2)16-11(8)13-5-7-17-6-3-4-14-17/h3-4,6H,5,7H2,1-2H3,(H3,12,13,15,16). The van der Waals surface area contributed by atoms with Gasteiger partial charge in [0, 0.05) is 24.5 Å². The smallest absolute Gasteiger partial charge is 0.134 e. The van der Waals surface area contributed by atoms with Crippen LogP contribution in [0.15, 0.2) is 18.5 Å². The van der Waals surface area contributed by atoms with Crippen LogP contribution in [-0.4, -0.2) is 26.3 Å². The molecule has 0 saturated heterocycles. The molecule has 0 aromatic carbocycles. The van der Waals surface area contributed by atoms with Gasteiger partial charge in [-0.3, -0.25) is 4.68 Å². The van der Waals surface area contributed by atoms with Crippen molar-refractivity contribution in [3.63, 3.8) is 0 Å². The first-order valence-corrected chi connectivity index (χ1v) is 5.49. The number of rotatable bonds is 4. The van der Waals surface area contributed by atoms with Crippen molar-refractivity contribution < 1.29 is 0 Å². The Bertz CT molecular complexity index is 491. The Kier molecular flexibility index (Phi) is 3.22. The average Bonchev–Trinajstić information content (AvgIpc) is 2.78. The molecule has 17 heavy (non-hydrogen) atoms. The van der Waals surface area contributed by atoms with Crippen LogP contribution in [0.4, 0.5) is 11.6 Å². The summed E-state index contributed by atoms with van der Waals surface area (Å²) >= 11 is 0. The Morgan fingerprint density at radius 2 is 2.18 bits per heavy atom. The fourth-order valence-electron chi connectivity index (χ4n) is 1.54. The predicted molar refractivity (Wildman–Crippen MR) is 66.6 cm³/mol. The zero-order valence-corrected chi connectivity index (χ0v) is 10.0. The Labute approximate surface area is 99.9 Å². The number of anilines is 2. The summed E-state index contributed by atoms with van der Waals surface area (Å²) < 4.78 is 1.86. The molecule has 2 aromatic heterocycles. The Morgan fingerprint density at radius 3 is 2.88 bits per heavy atom. The van der Waals surface area contributed by atoms with Crippen molar-refractivity contribution in [3.05, 3.63) is 29.8 Å². The molecule has 0 spiro atoms. The summed E-state index contributed by atoms with van der Waals surface area (Å²) in [6.07, 6.45) is 3.69. The molecule has 0 aliphatic rings. The lowest BCUT2D eigenvalue weighted by molar-refractivity contribution is 0.636. The summed E-state index contributed by atoms with van der Waals surface area (Å²) in [5, 5.41) is 7.37. The molecule has 6 nitrogen and oxygen atoms in total. The summed E-state index contributed by atoms with van der Waals surface area (Å²) in [6.45, 7) is 5.27. The zero-order chi connectivity index (χ0) is 12.3. The van der Waals surface area contributed by atoms with Crippen LogP contribution in [-0.2, 0) is 6.54 Å². The molecule has 0 aliphatic carbocycles. The highest BCUT2D eigenvalue weighted by Crippen LogP contribution is 2.16. The van der Waals surface area contributed by atoms with Crippen molar-refractivity contribution in [1.29, 1.82) is 0 Å². The summed E-state index contributed by atoms with van der Waals surface area (Å²) in [5.41, 5.74) is 6.66. The molecule has 2 rings (SSSR count). The molecule has 0 atom stereocenters. The molecular weight excluding hydrogens is 216 g/mol. The summed E-state index contributed by atoms with van der Waals surface area (Å²) in [4.78, 5) is 8.42. The molecule has 0 radical (unpaired) electrons. The van der Waals surface area contributed by atoms with Crippen molar-refractivity contribution >= 4 is 11.6 Å². The van der Waals surface area contributed by atoms with Gasteiger partial charge in [0.2, 0.25) is 0 Å². The minimum atomic E-state index is 0.527. The molecule has 0 amide bonds. The molecule has 0 fully saturated rings. The monoisotopic (exact) mass is 232 g/mol. The minimum Gasteiger partial charge on any atom is -0.383 e. The number of hydrogen-bond donors (Lipinski definition) is 2. The normalized spacial score (nSPS) is 10.5.